The van der Waals surface area contributed by atoms with Crippen molar-refractivity contribution < 1.29 is 23.4 Å². The SMILES string of the molecule is CNc1cc(C(C)(c2ccc(O)c(Nc3nc(C)nc(C)n3)c2)C(F)(F)F)ccc1O. The van der Waals surface area contributed by atoms with Gasteiger partial charge in [0.25, 0.3) is 0 Å². The average Bonchev–Trinajstić information content (AvgIpc) is 2.67. The van der Waals surface area contributed by atoms with E-state index in [0.29, 0.717) is 11.6 Å². The maximum atomic E-state index is 14.4. The number of aryl methyl sites for hydroxylation is 2. The van der Waals surface area contributed by atoms with Crippen LogP contribution in [0.25, 0.3) is 0 Å². The molecular weight excluding hydrogens is 411 g/mol. The van der Waals surface area contributed by atoms with Crippen LogP contribution >= 0.6 is 0 Å². The maximum Gasteiger partial charge on any atom is 0.402 e. The lowest BCUT2D eigenvalue weighted by molar-refractivity contribution is -0.173. The van der Waals surface area contributed by atoms with Crippen LogP contribution in [0.2, 0.25) is 0 Å². The number of phenols is 2. The molecule has 0 spiro atoms. The normalized spacial score (nSPS) is 13.5. The first-order chi connectivity index (χ1) is 14.5. The van der Waals surface area contributed by atoms with E-state index in [-0.39, 0.29) is 39.9 Å². The zero-order valence-corrected chi connectivity index (χ0v) is 17.3. The third kappa shape index (κ3) is 4.18. The molecule has 0 aliphatic heterocycles. The Morgan fingerprint density at radius 1 is 0.806 bits per heavy atom. The van der Waals surface area contributed by atoms with Gasteiger partial charge in [0.15, 0.2) is 0 Å². The third-order valence-corrected chi connectivity index (χ3v) is 5.09. The topological polar surface area (TPSA) is 103 Å². The summed E-state index contributed by atoms with van der Waals surface area (Å²) in [5.74, 6) is 0.534. The number of alkyl halides is 3. The quantitative estimate of drug-likeness (QED) is 0.438. The van der Waals surface area contributed by atoms with Gasteiger partial charge in [-0.25, -0.2) is 4.98 Å². The number of rotatable bonds is 5. The molecule has 7 nitrogen and oxygen atoms in total. The number of hydrogen-bond donors (Lipinski definition) is 4. The first-order valence-electron chi connectivity index (χ1n) is 9.33. The molecule has 0 fully saturated rings. The van der Waals surface area contributed by atoms with Crippen molar-refractivity contribution in [3.05, 3.63) is 59.2 Å². The molecule has 0 aliphatic carbocycles. The predicted octanol–water partition coefficient (Wildman–Crippen LogP) is 4.55. The van der Waals surface area contributed by atoms with Gasteiger partial charge in [-0.3, -0.25) is 0 Å². The number of aromatic nitrogens is 3. The zero-order valence-electron chi connectivity index (χ0n) is 17.3. The lowest BCUT2D eigenvalue weighted by Crippen LogP contribution is -2.40. The largest absolute Gasteiger partial charge is 0.506 e. The van der Waals surface area contributed by atoms with Crippen molar-refractivity contribution in [2.45, 2.75) is 32.4 Å². The molecule has 4 N–H and O–H groups in total. The Morgan fingerprint density at radius 2 is 1.29 bits per heavy atom. The Labute approximate surface area is 177 Å². The van der Waals surface area contributed by atoms with Gasteiger partial charge in [0.1, 0.15) is 28.6 Å². The van der Waals surface area contributed by atoms with E-state index < -0.39 is 11.6 Å². The highest BCUT2D eigenvalue weighted by Gasteiger charge is 2.53. The Balaban J connectivity index is 2.14. The number of anilines is 3. The number of nitrogens with one attached hydrogen (secondary N) is 2. The van der Waals surface area contributed by atoms with Gasteiger partial charge >= 0.3 is 6.18 Å². The van der Waals surface area contributed by atoms with Crippen LogP contribution in [0, 0.1) is 13.8 Å². The Kier molecular flexibility index (Phi) is 5.66. The van der Waals surface area contributed by atoms with Crippen LogP contribution in [0.4, 0.5) is 30.5 Å². The van der Waals surface area contributed by atoms with Crippen molar-refractivity contribution in [3.8, 4) is 11.5 Å². The smallest absolute Gasteiger partial charge is 0.402 e. The van der Waals surface area contributed by atoms with Gasteiger partial charge in [-0.1, -0.05) is 12.1 Å². The van der Waals surface area contributed by atoms with E-state index in [2.05, 4.69) is 25.6 Å². The van der Waals surface area contributed by atoms with Gasteiger partial charge < -0.3 is 20.8 Å². The summed E-state index contributed by atoms with van der Waals surface area (Å²) in [5, 5.41) is 25.5. The average molecular weight is 433 g/mol. The van der Waals surface area contributed by atoms with Gasteiger partial charge in [0.05, 0.1) is 11.4 Å². The van der Waals surface area contributed by atoms with Gasteiger partial charge in [0.2, 0.25) is 5.95 Å². The second-order valence-corrected chi connectivity index (χ2v) is 7.22. The van der Waals surface area contributed by atoms with E-state index >= 15 is 0 Å². The molecule has 1 heterocycles. The van der Waals surface area contributed by atoms with E-state index in [1.807, 2.05) is 0 Å². The van der Waals surface area contributed by atoms with Crippen molar-refractivity contribution in [2.24, 2.45) is 0 Å². The van der Waals surface area contributed by atoms with E-state index in [1.54, 1.807) is 13.8 Å². The third-order valence-electron chi connectivity index (χ3n) is 5.09. The Hall–Kier alpha value is -3.56. The highest BCUT2D eigenvalue weighted by molar-refractivity contribution is 5.66. The van der Waals surface area contributed by atoms with Crippen molar-refractivity contribution in [1.82, 2.24) is 15.0 Å². The molecule has 0 amide bonds. The van der Waals surface area contributed by atoms with Crippen molar-refractivity contribution in [3.63, 3.8) is 0 Å². The second kappa shape index (κ2) is 7.93. The van der Waals surface area contributed by atoms with Crippen LogP contribution in [0.15, 0.2) is 36.4 Å². The molecule has 164 valence electrons. The lowest BCUT2D eigenvalue weighted by Gasteiger charge is -2.34. The number of hydrogen-bond acceptors (Lipinski definition) is 7. The molecule has 3 rings (SSSR count). The first kappa shape index (κ1) is 22.1. The zero-order chi connectivity index (χ0) is 23.0. The summed E-state index contributed by atoms with van der Waals surface area (Å²) < 4.78 is 43.1. The molecule has 31 heavy (non-hydrogen) atoms. The van der Waals surface area contributed by atoms with E-state index in [0.717, 1.165) is 6.92 Å². The fraction of sp³-hybridized carbons (Fsp3) is 0.286. The second-order valence-electron chi connectivity index (χ2n) is 7.22. The highest BCUT2D eigenvalue weighted by atomic mass is 19.4. The van der Waals surface area contributed by atoms with Gasteiger partial charge in [-0.15, -0.1) is 0 Å². The van der Waals surface area contributed by atoms with Crippen molar-refractivity contribution in [1.29, 1.82) is 0 Å². The number of benzene rings is 2. The van der Waals surface area contributed by atoms with E-state index in [1.165, 1.54) is 43.4 Å². The predicted molar refractivity (Wildman–Crippen MR) is 111 cm³/mol. The monoisotopic (exact) mass is 433 g/mol. The van der Waals surface area contributed by atoms with Crippen LogP contribution in [-0.4, -0.2) is 38.4 Å². The highest BCUT2D eigenvalue weighted by Crippen LogP contribution is 2.48. The summed E-state index contributed by atoms with van der Waals surface area (Å²) in [6.07, 6.45) is -4.68. The van der Waals surface area contributed by atoms with Crippen LogP contribution in [-0.2, 0) is 5.41 Å². The number of phenolic OH excluding ortho intramolecular Hbond substituents is 2. The molecule has 10 heteroatoms. The van der Waals surface area contributed by atoms with Crippen molar-refractivity contribution in [2.75, 3.05) is 17.7 Å². The molecule has 0 radical (unpaired) electrons. The summed E-state index contributed by atoms with van der Waals surface area (Å²) >= 11 is 0. The molecule has 3 aromatic rings. The first-order valence-corrected chi connectivity index (χ1v) is 9.33. The minimum absolute atomic E-state index is 0.0191. The summed E-state index contributed by atoms with van der Waals surface area (Å²) in [6, 6.07) is 7.29. The van der Waals surface area contributed by atoms with Gasteiger partial charge in [-0.2, -0.15) is 23.1 Å². The van der Waals surface area contributed by atoms with E-state index in [4.69, 9.17) is 0 Å². The minimum Gasteiger partial charge on any atom is -0.506 e. The Morgan fingerprint density at radius 3 is 1.77 bits per heavy atom. The molecule has 1 unspecified atom stereocenters. The molecule has 0 saturated carbocycles. The molecule has 1 atom stereocenters. The summed E-state index contributed by atoms with van der Waals surface area (Å²) in [7, 11) is 1.50. The fourth-order valence-corrected chi connectivity index (χ4v) is 3.28. The number of nitrogens with zero attached hydrogens (tertiary/aromatic N) is 3. The minimum atomic E-state index is -4.68. The molecule has 0 bridgehead atoms. The lowest BCUT2D eigenvalue weighted by atomic mass is 9.75. The molecule has 0 aliphatic rings. The summed E-state index contributed by atoms with van der Waals surface area (Å²) in [4.78, 5) is 12.2. The number of halogens is 3. The van der Waals surface area contributed by atoms with Crippen LogP contribution in [0.5, 0.6) is 11.5 Å². The van der Waals surface area contributed by atoms with E-state index in [9.17, 15) is 23.4 Å². The van der Waals surface area contributed by atoms with Crippen LogP contribution in [0.1, 0.15) is 29.7 Å². The maximum absolute atomic E-state index is 14.4. The molecule has 2 aromatic carbocycles. The summed E-state index contributed by atoms with van der Waals surface area (Å²) in [6.45, 7) is 4.36. The number of aromatic hydroxyl groups is 2. The van der Waals surface area contributed by atoms with Crippen LogP contribution < -0.4 is 10.6 Å². The fourth-order valence-electron chi connectivity index (χ4n) is 3.28. The van der Waals surface area contributed by atoms with Crippen molar-refractivity contribution >= 4 is 17.3 Å². The molecular formula is C21H22F3N5O2. The molecule has 0 saturated heterocycles. The summed E-state index contributed by atoms with van der Waals surface area (Å²) in [5.41, 5.74) is -2.44. The van der Waals surface area contributed by atoms with Gasteiger partial charge in [-0.05, 0) is 56.2 Å². The standard InChI is InChI=1S/C21H22F3N5O2/c1-11-26-12(2)28-19(27-11)29-16-10-14(6-8-18(16)31)20(3,21(22,23)24)13-5-7-17(30)15(9-13)25-4/h5-10,25,30-31H,1-4H3,(H,26,27,28,29). The Bertz CT molecular complexity index is 1100. The molecule has 1 aromatic heterocycles. The van der Waals surface area contributed by atoms with Crippen LogP contribution in [0.3, 0.4) is 0 Å². The van der Waals surface area contributed by atoms with Gasteiger partial charge in [0, 0.05) is 7.05 Å².